The molecule has 0 aliphatic heterocycles. The first kappa shape index (κ1) is 11.7. The molecule has 0 aromatic carbocycles. The molecule has 0 aliphatic carbocycles. The van der Waals surface area contributed by atoms with Gasteiger partial charge in [0.15, 0.2) is 0 Å². The molecule has 0 saturated carbocycles. The van der Waals surface area contributed by atoms with Gasteiger partial charge in [0.05, 0.1) is 12.1 Å². The molecule has 1 amide bonds. The van der Waals surface area contributed by atoms with E-state index in [1.807, 2.05) is 0 Å². The number of pyridine rings is 1. The van der Waals surface area contributed by atoms with Gasteiger partial charge in [-0.1, -0.05) is 23.2 Å². The molecule has 0 spiro atoms. The van der Waals surface area contributed by atoms with Gasteiger partial charge in [0, 0.05) is 0 Å². The van der Waals surface area contributed by atoms with Crippen LogP contribution in [0.2, 0.25) is 10.2 Å². The van der Waals surface area contributed by atoms with Gasteiger partial charge in [0.2, 0.25) is 6.41 Å². The lowest BCUT2D eigenvalue weighted by Crippen LogP contribution is -2.09. The van der Waals surface area contributed by atoms with Gasteiger partial charge in [-0.25, -0.2) is 9.78 Å². The molecule has 0 saturated heterocycles. The van der Waals surface area contributed by atoms with Crippen LogP contribution in [0.25, 0.3) is 0 Å². The predicted molar refractivity (Wildman–Crippen MR) is 55.3 cm³/mol. The van der Waals surface area contributed by atoms with Crippen molar-refractivity contribution in [3.05, 3.63) is 21.8 Å². The summed E-state index contributed by atoms with van der Waals surface area (Å²) < 4.78 is 4.48. The molecule has 0 fully saturated rings. The number of amides is 1. The Kier molecular flexibility index (Phi) is 3.88. The van der Waals surface area contributed by atoms with Crippen LogP contribution in [0, 0.1) is 0 Å². The Morgan fingerprint density at radius 2 is 2.27 bits per heavy atom. The summed E-state index contributed by atoms with van der Waals surface area (Å²) in [7, 11) is 1.19. The van der Waals surface area contributed by atoms with Gasteiger partial charge in [0.25, 0.3) is 0 Å². The van der Waals surface area contributed by atoms with Gasteiger partial charge in [-0.3, -0.25) is 4.79 Å². The lowest BCUT2D eigenvalue weighted by atomic mass is 10.2. The molecule has 7 heteroatoms. The fraction of sp³-hybridized carbons (Fsp3) is 0.125. The second-order valence-corrected chi connectivity index (χ2v) is 3.20. The molecule has 1 heterocycles. The van der Waals surface area contributed by atoms with E-state index in [9.17, 15) is 9.59 Å². The van der Waals surface area contributed by atoms with Crippen molar-refractivity contribution >= 4 is 41.4 Å². The average molecular weight is 249 g/mol. The molecule has 5 nitrogen and oxygen atoms in total. The molecule has 0 radical (unpaired) electrons. The van der Waals surface area contributed by atoms with Gasteiger partial charge in [-0.2, -0.15) is 0 Å². The number of carbonyl (C=O) groups excluding carboxylic acids is 2. The van der Waals surface area contributed by atoms with Crippen LogP contribution in [-0.4, -0.2) is 24.5 Å². The molecule has 80 valence electrons. The van der Waals surface area contributed by atoms with Crippen LogP contribution >= 0.6 is 23.2 Å². The summed E-state index contributed by atoms with van der Waals surface area (Å²) in [6.07, 6.45) is 0.363. The SMILES string of the molecule is COC(=O)c1c(Cl)cc(Cl)nc1NC=O. The third-order valence-electron chi connectivity index (χ3n) is 1.53. The van der Waals surface area contributed by atoms with Gasteiger partial charge in [0.1, 0.15) is 16.5 Å². The Labute approximate surface area is 95.3 Å². The van der Waals surface area contributed by atoms with Crippen LogP contribution in [0.3, 0.4) is 0 Å². The lowest BCUT2D eigenvalue weighted by molar-refractivity contribution is -0.105. The van der Waals surface area contributed by atoms with Gasteiger partial charge in [-0.05, 0) is 6.07 Å². The first-order valence-electron chi connectivity index (χ1n) is 3.74. The summed E-state index contributed by atoms with van der Waals surface area (Å²) in [4.78, 5) is 25.3. The maximum Gasteiger partial charge on any atom is 0.343 e. The topological polar surface area (TPSA) is 68.3 Å². The smallest absolute Gasteiger partial charge is 0.343 e. The molecule has 1 aromatic rings. The van der Waals surface area contributed by atoms with Crippen molar-refractivity contribution in [3.63, 3.8) is 0 Å². The zero-order chi connectivity index (χ0) is 11.4. The summed E-state index contributed by atoms with van der Waals surface area (Å²) in [6, 6.07) is 1.28. The highest BCUT2D eigenvalue weighted by Gasteiger charge is 2.18. The molecule has 0 unspecified atom stereocenters. The number of carbonyl (C=O) groups is 2. The maximum absolute atomic E-state index is 11.3. The summed E-state index contributed by atoms with van der Waals surface area (Å²) in [5.41, 5.74) is -0.0318. The van der Waals surface area contributed by atoms with E-state index in [-0.39, 0.29) is 21.6 Å². The van der Waals surface area contributed by atoms with E-state index < -0.39 is 5.97 Å². The molecule has 15 heavy (non-hydrogen) atoms. The number of esters is 1. The second-order valence-electron chi connectivity index (χ2n) is 2.40. The van der Waals surface area contributed by atoms with Crippen LogP contribution in [0.4, 0.5) is 5.82 Å². The van der Waals surface area contributed by atoms with Crippen molar-refractivity contribution in [3.8, 4) is 0 Å². The monoisotopic (exact) mass is 248 g/mol. The first-order chi connectivity index (χ1) is 7.10. The highest BCUT2D eigenvalue weighted by Crippen LogP contribution is 2.26. The van der Waals surface area contributed by atoms with Crippen molar-refractivity contribution in [2.75, 3.05) is 12.4 Å². The molecule has 1 N–H and O–H groups in total. The Morgan fingerprint density at radius 3 is 2.80 bits per heavy atom. The highest BCUT2D eigenvalue weighted by atomic mass is 35.5. The van der Waals surface area contributed by atoms with E-state index in [0.717, 1.165) is 0 Å². The van der Waals surface area contributed by atoms with Crippen molar-refractivity contribution in [2.45, 2.75) is 0 Å². The molecule has 1 aromatic heterocycles. The standard InChI is InChI=1S/C8H6Cl2N2O3/c1-15-8(14)6-4(9)2-5(10)12-7(6)11-3-13/h2-3H,1H3,(H,11,12,13). The van der Waals surface area contributed by atoms with E-state index in [1.54, 1.807) is 0 Å². The summed E-state index contributed by atoms with van der Waals surface area (Å²) >= 11 is 11.4. The fourth-order valence-corrected chi connectivity index (χ4v) is 1.46. The molecular weight excluding hydrogens is 243 g/mol. The third kappa shape index (κ3) is 2.57. The lowest BCUT2D eigenvalue weighted by Gasteiger charge is -2.07. The normalized spacial score (nSPS) is 9.53. The van der Waals surface area contributed by atoms with Crippen LogP contribution < -0.4 is 5.32 Å². The summed E-state index contributed by atoms with van der Waals surface area (Å²) in [5, 5.41) is 2.34. The average Bonchev–Trinajstić information content (AvgIpc) is 2.16. The van der Waals surface area contributed by atoms with Gasteiger partial charge < -0.3 is 10.1 Å². The number of nitrogens with one attached hydrogen (secondary N) is 1. The minimum Gasteiger partial charge on any atom is -0.465 e. The van der Waals surface area contributed by atoms with Gasteiger partial charge >= 0.3 is 5.97 Å². The van der Waals surface area contributed by atoms with E-state index in [2.05, 4.69) is 15.0 Å². The van der Waals surface area contributed by atoms with E-state index in [1.165, 1.54) is 13.2 Å². The van der Waals surface area contributed by atoms with Crippen molar-refractivity contribution in [1.82, 2.24) is 4.98 Å². The number of aromatic nitrogens is 1. The number of hydrogen-bond acceptors (Lipinski definition) is 4. The number of nitrogens with zero attached hydrogens (tertiary/aromatic N) is 1. The quantitative estimate of drug-likeness (QED) is 0.503. The fourth-order valence-electron chi connectivity index (χ4n) is 0.941. The van der Waals surface area contributed by atoms with Crippen molar-refractivity contribution in [1.29, 1.82) is 0 Å². The minimum absolute atomic E-state index is 0.0318. The number of methoxy groups -OCH3 is 1. The third-order valence-corrected chi connectivity index (χ3v) is 2.02. The number of anilines is 1. The molecular formula is C8H6Cl2N2O3. The van der Waals surface area contributed by atoms with E-state index in [0.29, 0.717) is 6.41 Å². The Balaban J connectivity index is 3.32. The van der Waals surface area contributed by atoms with Crippen molar-refractivity contribution in [2.24, 2.45) is 0 Å². The number of hydrogen-bond donors (Lipinski definition) is 1. The zero-order valence-corrected chi connectivity index (χ0v) is 9.09. The molecule has 0 aliphatic rings. The van der Waals surface area contributed by atoms with E-state index in [4.69, 9.17) is 23.2 Å². The Hall–Kier alpha value is -1.33. The maximum atomic E-state index is 11.3. The van der Waals surface area contributed by atoms with Crippen LogP contribution in [0.1, 0.15) is 10.4 Å². The van der Waals surface area contributed by atoms with Crippen molar-refractivity contribution < 1.29 is 14.3 Å². The molecule has 0 atom stereocenters. The van der Waals surface area contributed by atoms with E-state index >= 15 is 0 Å². The molecule has 1 rings (SSSR count). The summed E-state index contributed by atoms with van der Waals surface area (Å²) in [6.45, 7) is 0. The largest absolute Gasteiger partial charge is 0.465 e. The van der Waals surface area contributed by atoms with Crippen LogP contribution in [-0.2, 0) is 9.53 Å². The predicted octanol–water partition coefficient (Wildman–Crippen LogP) is 1.74. The molecule has 0 bridgehead atoms. The minimum atomic E-state index is -0.700. The van der Waals surface area contributed by atoms with Crippen LogP contribution in [0.15, 0.2) is 6.07 Å². The number of ether oxygens (including phenoxy) is 1. The van der Waals surface area contributed by atoms with Crippen LogP contribution in [0.5, 0.6) is 0 Å². The number of rotatable bonds is 3. The Bertz CT molecular complexity index is 409. The summed E-state index contributed by atoms with van der Waals surface area (Å²) in [5.74, 6) is -0.733. The zero-order valence-electron chi connectivity index (χ0n) is 7.58. The second kappa shape index (κ2) is 4.95. The van der Waals surface area contributed by atoms with Gasteiger partial charge in [-0.15, -0.1) is 0 Å². The highest BCUT2D eigenvalue weighted by molar-refractivity contribution is 6.36. The number of halogens is 2. The Morgan fingerprint density at radius 1 is 1.60 bits per heavy atom. The first-order valence-corrected chi connectivity index (χ1v) is 4.50.